The van der Waals surface area contributed by atoms with Gasteiger partial charge in [-0.1, -0.05) is 0 Å². The number of anilines is 1. The summed E-state index contributed by atoms with van der Waals surface area (Å²) in [5.41, 5.74) is 1.13. The average molecular weight is 419 g/mol. The Balaban J connectivity index is 1.64. The van der Waals surface area contributed by atoms with Crippen molar-refractivity contribution in [3.8, 4) is 10.4 Å². The van der Waals surface area contributed by atoms with Gasteiger partial charge in [0.15, 0.2) is 10.7 Å². The van der Waals surface area contributed by atoms with E-state index in [1.807, 2.05) is 12.1 Å². The second-order valence-corrected chi connectivity index (χ2v) is 9.05. The Morgan fingerprint density at radius 3 is 2.54 bits per heavy atom. The third-order valence-electron chi connectivity index (χ3n) is 4.97. The highest BCUT2D eigenvalue weighted by atomic mass is 32.2. The molecule has 0 spiro atoms. The molecule has 4 rings (SSSR count). The van der Waals surface area contributed by atoms with E-state index < -0.39 is 22.3 Å². The third kappa shape index (κ3) is 3.55. The first-order valence-corrected chi connectivity index (χ1v) is 10.7. The molecule has 2 aromatic heterocycles. The lowest BCUT2D eigenvalue weighted by atomic mass is 9.96. The molecule has 28 heavy (non-hydrogen) atoms. The van der Waals surface area contributed by atoms with Crippen LogP contribution in [0.5, 0.6) is 0 Å². The summed E-state index contributed by atoms with van der Waals surface area (Å²) >= 11 is 1.03. The number of rotatable bonds is 4. The van der Waals surface area contributed by atoms with Crippen LogP contribution in [-0.4, -0.2) is 32.6 Å². The van der Waals surface area contributed by atoms with Crippen molar-refractivity contribution in [1.29, 1.82) is 0 Å². The molecule has 1 aliphatic heterocycles. The number of hydrogen-bond donors (Lipinski definition) is 2. The average Bonchev–Trinajstić information content (AvgIpc) is 3.17. The highest BCUT2D eigenvalue weighted by molar-refractivity contribution is 7.75. The van der Waals surface area contributed by atoms with Gasteiger partial charge in [-0.25, -0.2) is 13.2 Å². The van der Waals surface area contributed by atoms with E-state index in [1.54, 1.807) is 18.2 Å². The van der Waals surface area contributed by atoms with Crippen LogP contribution in [0.25, 0.3) is 21.4 Å². The molecule has 0 radical (unpaired) electrons. The summed E-state index contributed by atoms with van der Waals surface area (Å²) in [6.07, 6.45) is 1.16. The Hall–Kier alpha value is -2.65. The van der Waals surface area contributed by atoms with E-state index in [1.165, 1.54) is 6.07 Å². The number of carboxylic acids is 1. The van der Waals surface area contributed by atoms with E-state index in [0.29, 0.717) is 42.0 Å². The number of nitrogens with zero attached hydrogens (tertiary/aromatic N) is 1. The number of fused-ring (bicyclic) bond motifs is 1. The Bertz CT molecular complexity index is 1180. The molecule has 1 N–H and O–H groups in total. The number of carboxylic acid groups (broad SMARTS) is 1. The SMILES string of the molecule is O=C(O)C1CCN(c2ccc3cc(-c4ccc([SH](=O)=O)s4)c(=O)oc3c2)CC1. The van der Waals surface area contributed by atoms with Crippen molar-refractivity contribution in [2.24, 2.45) is 5.92 Å². The van der Waals surface area contributed by atoms with Gasteiger partial charge in [-0.3, -0.25) is 4.79 Å². The molecular formula is C19H17NO6S2. The predicted octanol–water partition coefficient (Wildman–Crippen LogP) is 2.79. The van der Waals surface area contributed by atoms with Crippen LogP contribution in [0.3, 0.4) is 0 Å². The minimum atomic E-state index is -2.69. The van der Waals surface area contributed by atoms with Crippen molar-refractivity contribution < 1.29 is 22.7 Å². The summed E-state index contributed by atoms with van der Waals surface area (Å²) in [5, 5.41) is 9.85. The van der Waals surface area contributed by atoms with Gasteiger partial charge in [-0.15, -0.1) is 11.3 Å². The second kappa shape index (κ2) is 7.40. The monoisotopic (exact) mass is 419 g/mol. The molecule has 1 aromatic carbocycles. The van der Waals surface area contributed by atoms with Crippen LogP contribution in [0.2, 0.25) is 0 Å². The topological polar surface area (TPSA) is 105 Å². The lowest BCUT2D eigenvalue weighted by Crippen LogP contribution is -2.36. The maximum atomic E-state index is 12.4. The number of piperidine rings is 1. The van der Waals surface area contributed by atoms with E-state index in [9.17, 15) is 18.0 Å². The molecule has 0 atom stereocenters. The normalized spacial score (nSPS) is 15.4. The molecule has 1 saturated heterocycles. The van der Waals surface area contributed by atoms with Crippen LogP contribution < -0.4 is 10.5 Å². The van der Waals surface area contributed by atoms with Crippen LogP contribution in [0.15, 0.2) is 49.8 Å². The Kier molecular flexibility index (Phi) is 4.94. The standard InChI is InChI=1S/C19H17NO6S2/c21-18(22)11-5-7-20(8-6-11)13-2-1-12-9-14(19(23)26-15(12)10-13)16-3-4-17(27-16)28(24)25/h1-4,9-11,28H,5-8H2,(H,21,22). The van der Waals surface area contributed by atoms with E-state index in [4.69, 9.17) is 9.52 Å². The summed E-state index contributed by atoms with van der Waals surface area (Å²) in [7, 11) is -2.69. The van der Waals surface area contributed by atoms with E-state index in [0.717, 1.165) is 22.4 Å². The van der Waals surface area contributed by atoms with Crippen LogP contribution in [0.1, 0.15) is 12.8 Å². The summed E-state index contributed by atoms with van der Waals surface area (Å²) < 4.78 is 27.9. The fraction of sp³-hybridized carbons (Fsp3) is 0.263. The van der Waals surface area contributed by atoms with Crippen molar-refractivity contribution in [3.63, 3.8) is 0 Å². The maximum absolute atomic E-state index is 12.4. The van der Waals surface area contributed by atoms with Crippen molar-refractivity contribution in [1.82, 2.24) is 0 Å². The number of thiol groups is 1. The molecule has 9 heteroatoms. The Labute approximate surface area is 165 Å². The minimum Gasteiger partial charge on any atom is -0.481 e. The van der Waals surface area contributed by atoms with Crippen LogP contribution in [0, 0.1) is 5.92 Å². The van der Waals surface area contributed by atoms with Crippen LogP contribution in [-0.2, 0) is 15.5 Å². The van der Waals surface area contributed by atoms with Crippen molar-refractivity contribution >= 4 is 44.7 Å². The zero-order valence-electron chi connectivity index (χ0n) is 14.7. The van der Waals surface area contributed by atoms with Crippen molar-refractivity contribution in [3.05, 3.63) is 46.8 Å². The van der Waals surface area contributed by atoms with Crippen LogP contribution in [0.4, 0.5) is 5.69 Å². The molecule has 146 valence electrons. The molecule has 7 nitrogen and oxygen atoms in total. The van der Waals surface area contributed by atoms with Gasteiger partial charge in [-0.05, 0) is 43.2 Å². The molecular weight excluding hydrogens is 402 g/mol. The fourth-order valence-corrected chi connectivity index (χ4v) is 4.96. The summed E-state index contributed by atoms with van der Waals surface area (Å²) in [4.78, 5) is 26.2. The first-order chi connectivity index (χ1) is 13.4. The van der Waals surface area contributed by atoms with Gasteiger partial charge in [0.25, 0.3) is 0 Å². The quantitative estimate of drug-likeness (QED) is 0.495. The van der Waals surface area contributed by atoms with Gasteiger partial charge in [-0.2, -0.15) is 0 Å². The molecule has 1 fully saturated rings. The summed E-state index contributed by atoms with van der Waals surface area (Å²) in [5.74, 6) is -1.06. The van der Waals surface area contributed by atoms with Gasteiger partial charge >= 0.3 is 11.6 Å². The lowest BCUT2D eigenvalue weighted by Gasteiger charge is -2.31. The van der Waals surface area contributed by atoms with Gasteiger partial charge in [0.1, 0.15) is 9.79 Å². The molecule has 0 saturated carbocycles. The molecule has 0 bridgehead atoms. The van der Waals surface area contributed by atoms with E-state index in [-0.39, 0.29) is 10.1 Å². The molecule has 1 aliphatic rings. The number of aliphatic carboxylic acids is 1. The molecule has 0 amide bonds. The number of hydrogen-bond acceptors (Lipinski definition) is 7. The Morgan fingerprint density at radius 2 is 1.89 bits per heavy atom. The van der Waals surface area contributed by atoms with Gasteiger partial charge in [0, 0.05) is 35.1 Å². The maximum Gasteiger partial charge on any atom is 0.345 e. The van der Waals surface area contributed by atoms with Gasteiger partial charge < -0.3 is 14.4 Å². The minimum absolute atomic E-state index is 0.199. The molecule has 3 heterocycles. The predicted molar refractivity (Wildman–Crippen MR) is 107 cm³/mol. The number of thiophene rings is 1. The van der Waals surface area contributed by atoms with E-state index in [2.05, 4.69) is 4.90 Å². The van der Waals surface area contributed by atoms with Crippen molar-refractivity contribution in [2.45, 2.75) is 17.1 Å². The van der Waals surface area contributed by atoms with Crippen molar-refractivity contribution in [2.75, 3.05) is 18.0 Å². The fourth-order valence-electron chi connectivity index (χ4n) is 3.42. The van der Waals surface area contributed by atoms with E-state index >= 15 is 0 Å². The van der Waals surface area contributed by atoms with Gasteiger partial charge in [0.05, 0.1) is 11.5 Å². The number of carbonyl (C=O) groups is 1. The summed E-state index contributed by atoms with van der Waals surface area (Å²) in [6, 6.07) is 10.3. The molecule has 3 aromatic rings. The third-order valence-corrected chi connectivity index (χ3v) is 7.12. The highest BCUT2D eigenvalue weighted by Gasteiger charge is 2.24. The lowest BCUT2D eigenvalue weighted by molar-refractivity contribution is -0.142. The Morgan fingerprint density at radius 1 is 1.14 bits per heavy atom. The summed E-state index contributed by atoms with van der Waals surface area (Å²) in [6.45, 7) is 1.27. The second-order valence-electron chi connectivity index (χ2n) is 6.66. The zero-order chi connectivity index (χ0) is 19.8. The largest absolute Gasteiger partial charge is 0.481 e. The van der Waals surface area contributed by atoms with Gasteiger partial charge in [0.2, 0.25) is 0 Å². The van der Waals surface area contributed by atoms with Crippen LogP contribution >= 0.6 is 11.3 Å². The molecule has 0 unspecified atom stereocenters. The number of benzene rings is 1. The first-order valence-electron chi connectivity index (χ1n) is 8.72. The first kappa shape index (κ1) is 18.7. The highest BCUT2D eigenvalue weighted by Crippen LogP contribution is 2.31. The zero-order valence-corrected chi connectivity index (χ0v) is 16.4. The smallest absolute Gasteiger partial charge is 0.345 e. The molecule has 0 aliphatic carbocycles.